The molecule has 7 heteroatoms. The van der Waals surface area contributed by atoms with Gasteiger partial charge in [0.2, 0.25) is 0 Å². The van der Waals surface area contributed by atoms with Gasteiger partial charge in [0.15, 0.2) is 0 Å². The van der Waals surface area contributed by atoms with Crippen molar-refractivity contribution in [1.82, 2.24) is 4.90 Å². The fourth-order valence-electron chi connectivity index (χ4n) is 2.72. The number of imide groups is 1. The number of hydrogen-bond donors (Lipinski definition) is 0. The van der Waals surface area contributed by atoms with Crippen LogP contribution in [0.2, 0.25) is 15.1 Å². The molecule has 2 aromatic rings. The van der Waals surface area contributed by atoms with Crippen LogP contribution in [-0.2, 0) is 9.59 Å². The number of rotatable bonds is 6. The van der Waals surface area contributed by atoms with Crippen LogP contribution < -0.4 is 0 Å². The van der Waals surface area contributed by atoms with Crippen LogP contribution >= 0.6 is 46.6 Å². The SMILES string of the molecule is CCCCN1C(=O)C(Sc2ccc(Cl)cc2)=C(c2ccc(Cl)cc2Cl)C1=O. The summed E-state index contributed by atoms with van der Waals surface area (Å²) in [5.41, 5.74) is 0.826. The van der Waals surface area contributed by atoms with Crippen molar-refractivity contribution in [3.8, 4) is 0 Å². The molecule has 2 aromatic carbocycles. The minimum atomic E-state index is -0.325. The van der Waals surface area contributed by atoms with Crippen LogP contribution in [0.5, 0.6) is 0 Å². The topological polar surface area (TPSA) is 37.4 Å². The van der Waals surface area contributed by atoms with Crippen LogP contribution in [-0.4, -0.2) is 23.3 Å². The molecule has 3 rings (SSSR count). The molecule has 0 atom stereocenters. The van der Waals surface area contributed by atoms with E-state index in [1.54, 1.807) is 30.3 Å². The van der Waals surface area contributed by atoms with Crippen molar-refractivity contribution >= 4 is 64.0 Å². The van der Waals surface area contributed by atoms with Crippen LogP contribution in [0.15, 0.2) is 52.3 Å². The van der Waals surface area contributed by atoms with Gasteiger partial charge in [0.1, 0.15) is 0 Å². The molecule has 140 valence electrons. The molecule has 0 saturated heterocycles. The van der Waals surface area contributed by atoms with Crippen molar-refractivity contribution in [2.45, 2.75) is 24.7 Å². The maximum Gasteiger partial charge on any atom is 0.268 e. The van der Waals surface area contributed by atoms with Crippen molar-refractivity contribution in [3.63, 3.8) is 0 Å². The Labute approximate surface area is 177 Å². The molecular weight excluding hydrogens is 425 g/mol. The van der Waals surface area contributed by atoms with Crippen molar-refractivity contribution < 1.29 is 9.59 Å². The highest BCUT2D eigenvalue weighted by atomic mass is 35.5. The maximum atomic E-state index is 13.0. The average Bonchev–Trinajstić information content (AvgIpc) is 2.86. The summed E-state index contributed by atoms with van der Waals surface area (Å²) >= 11 is 19.5. The molecular formula is C20H16Cl3NO2S. The van der Waals surface area contributed by atoms with Crippen LogP contribution in [0, 0.1) is 0 Å². The summed E-state index contributed by atoms with van der Waals surface area (Å²) in [5.74, 6) is -0.622. The Balaban J connectivity index is 2.07. The number of hydrogen-bond acceptors (Lipinski definition) is 3. The van der Waals surface area contributed by atoms with E-state index in [1.165, 1.54) is 16.7 Å². The summed E-state index contributed by atoms with van der Waals surface area (Å²) in [6.45, 7) is 2.40. The lowest BCUT2D eigenvalue weighted by Crippen LogP contribution is -2.32. The lowest BCUT2D eigenvalue weighted by Gasteiger charge is -2.14. The summed E-state index contributed by atoms with van der Waals surface area (Å²) in [7, 11) is 0. The van der Waals surface area contributed by atoms with Gasteiger partial charge < -0.3 is 0 Å². The lowest BCUT2D eigenvalue weighted by atomic mass is 10.1. The molecule has 0 spiro atoms. The van der Waals surface area contributed by atoms with E-state index in [0.717, 1.165) is 17.7 Å². The zero-order valence-electron chi connectivity index (χ0n) is 14.5. The summed E-state index contributed by atoms with van der Waals surface area (Å²) in [5, 5.41) is 1.41. The van der Waals surface area contributed by atoms with Crippen molar-refractivity contribution in [3.05, 3.63) is 68.0 Å². The predicted molar refractivity (Wildman–Crippen MR) is 112 cm³/mol. The van der Waals surface area contributed by atoms with Crippen molar-refractivity contribution in [1.29, 1.82) is 0 Å². The summed E-state index contributed by atoms with van der Waals surface area (Å²) in [6, 6.07) is 12.0. The van der Waals surface area contributed by atoms with Gasteiger partial charge in [-0.1, -0.05) is 66.0 Å². The Bertz CT molecular complexity index is 925. The number of benzene rings is 2. The smallest absolute Gasteiger partial charge is 0.268 e. The quantitative estimate of drug-likeness (QED) is 0.493. The highest BCUT2D eigenvalue weighted by molar-refractivity contribution is 8.04. The van der Waals surface area contributed by atoms with E-state index >= 15 is 0 Å². The summed E-state index contributed by atoms with van der Waals surface area (Å²) in [4.78, 5) is 28.5. The minimum Gasteiger partial charge on any atom is -0.274 e. The molecule has 0 N–H and O–H groups in total. The van der Waals surface area contributed by atoms with E-state index in [9.17, 15) is 9.59 Å². The third kappa shape index (κ3) is 4.35. The summed E-state index contributed by atoms with van der Waals surface area (Å²) < 4.78 is 0. The van der Waals surface area contributed by atoms with Gasteiger partial charge in [-0.2, -0.15) is 0 Å². The van der Waals surface area contributed by atoms with Gasteiger partial charge in [-0.3, -0.25) is 14.5 Å². The third-order valence-corrected chi connectivity index (χ3v) is 5.99. The number of carbonyl (C=O) groups excluding carboxylic acids is 2. The molecule has 0 unspecified atom stereocenters. The Hall–Kier alpha value is -1.46. The number of nitrogens with zero attached hydrogens (tertiary/aromatic N) is 1. The first-order valence-electron chi connectivity index (χ1n) is 8.41. The van der Waals surface area contributed by atoms with Crippen LogP contribution in [0.3, 0.4) is 0 Å². The second kappa shape index (κ2) is 8.70. The highest BCUT2D eigenvalue weighted by Crippen LogP contribution is 2.42. The summed E-state index contributed by atoms with van der Waals surface area (Å²) in [6.07, 6.45) is 1.63. The Morgan fingerprint density at radius 1 is 0.926 bits per heavy atom. The number of carbonyl (C=O) groups is 2. The van der Waals surface area contributed by atoms with E-state index in [2.05, 4.69) is 0 Å². The first kappa shape index (κ1) is 20.3. The van der Waals surface area contributed by atoms with Gasteiger partial charge in [-0.15, -0.1) is 0 Å². The Morgan fingerprint density at radius 3 is 2.22 bits per heavy atom. The molecule has 1 aliphatic rings. The zero-order chi connectivity index (χ0) is 19.6. The minimum absolute atomic E-state index is 0.297. The fourth-order valence-corrected chi connectivity index (χ4v) is 4.35. The van der Waals surface area contributed by atoms with Gasteiger partial charge in [0, 0.05) is 27.0 Å². The largest absolute Gasteiger partial charge is 0.274 e. The molecule has 2 amide bonds. The monoisotopic (exact) mass is 439 g/mol. The highest BCUT2D eigenvalue weighted by Gasteiger charge is 2.39. The van der Waals surface area contributed by atoms with Crippen LogP contribution in [0.4, 0.5) is 0 Å². The van der Waals surface area contributed by atoms with Gasteiger partial charge >= 0.3 is 0 Å². The molecule has 0 aromatic heterocycles. The van der Waals surface area contributed by atoms with Gasteiger partial charge in [0.05, 0.1) is 15.5 Å². The molecule has 27 heavy (non-hydrogen) atoms. The number of halogens is 3. The van der Waals surface area contributed by atoms with Gasteiger partial charge in [0.25, 0.3) is 11.8 Å². The number of thioether (sulfide) groups is 1. The molecule has 1 heterocycles. The van der Waals surface area contributed by atoms with Gasteiger partial charge in [-0.25, -0.2) is 0 Å². The molecule has 0 fully saturated rings. The lowest BCUT2D eigenvalue weighted by molar-refractivity contribution is -0.136. The first-order chi connectivity index (χ1) is 12.9. The second-order valence-corrected chi connectivity index (χ2v) is 8.36. The van der Waals surface area contributed by atoms with Gasteiger partial charge in [-0.05, 0) is 42.8 Å². The zero-order valence-corrected chi connectivity index (χ0v) is 17.6. The fraction of sp³-hybridized carbons (Fsp3) is 0.200. The number of amides is 2. The maximum absolute atomic E-state index is 13.0. The standard InChI is InChI=1S/C20H16Cl3NO2S/c1-2-3-10-24-19(25)17(15-9-6-13(22)11-16(15)23)18(20(24)26)27-14-7-4-12(21)5-8-14/h4-9,11H,2-3,10H2,1H3. The predicted octanol–water partition coefficient (Wildman–Crippen LogP) is 6.32. The van der Waals surface area contributed by atoms with Crippen LogP contribution in [0.1, 0.15) is 25.3 Å². The molecule has 0 radical (unpaired) electrons. The Morgan fingerprint density at radius 2 is 1.59 bits per heavy atom. The normalized spacial score (nSPS) is 14.4. The van der Waals surface area contributed by atoms with Crippen molar-refractivity contribution in [2.75, 3.05) is 6.54 Å². The van der Waals surface area contributed by atoms with E-state index in [1.807, 2.05) is 19.1 Å². The second-order valence-electron chi connectivity index (χ2n) is 6.00. The van der Waals surface area contributed by atoms with E-state index < -0.39 is 0 Å². The molecule has 0 saturated carbocycles. The van der Waals surface area contributed by atoms with E-state index in [4.69, 9.17) is 34.8 Å². The van der Waals surface area contributed by atoms with Crippen LogP contribution in [0.25, 0.3) is 5.57 Å². The number of unbranched alkanes of at least 4 members (excludes halogenated alkanes) is 1. The van der Waals surface area contributed by atoms with Crippen molar-refractivity contribution in [2.24, 2.45) is 0 Å². The molecule has 0 bridgehead atoms. The first-order valence-corrected chi connectivity index (χ1v) is 10.4. The average molecular weight is 441 g/mol. The van der Waals surface area contributed by atoms with E-state index in [0.29, 0.717) is 37.7 Å². The third-order valence-electron chi connectivity index (χ3n) is 4.09. The molecule has 1 aliphatic heterocycles. The van der Waals surface area contributed by atoms with E-state index in [-0.39, 0.29) is 11.8 Å². The molecule has 3 nitrogen and oxygen atoms in total. The Kier molecular flexibility index (Phi) is 6.53. The molecule has 0 aliphatic carbocycles.